The topological polar surface area (TPSA) is 266 Å². The first-order valence-corrected chi connectivity index (χ1v) is 11.2. The summed E-state index contributed by atoms with van der Waals surface area (Å²) in [6.45, 7) is 2.00. The van der Waals surface area contributed by atoms with Gasteiger partial charge in [0.05, 0.1) is 18.6 Å². The summed E-state index contributed by atoms with van der Waals surface area (Å²) in [7, 11) is 0. The van der Waals surface area contributed by atoms with E-state index in [4.69, 9.17) is 22.9 Å². The van der Waals surface area contributed by atoms with Crippen LogP contribution in [-0.4, -0.2) is 83.2 Å². The first-order valence-electron chi connectivity index (χ1n) is 11.2. The largest absolute Gasteiger partial charge is 0.480 e. The van der Waals surface area contributed by atoms with Gasteiger partial charge in [-0.25, -0.2) is 4.79 Å². The van der Waals surface area contributed by atoms with E-state index in [0.717, 1.165) is 0 Å². The first kappa shape index (κ1) is 31.2. The summed E-state index contributed by atoms with van der Waals surface area (Å²) >= 11 is 0. The Hall–Kier alpha value is -2.81. The number of amides is 4. The molecule has 0 rings (SSSR count). The fourth-order valence-corrected chi connectivity index (χ4v) is 3.00. The van der Waals surface area contributed by atoms with Gasteiger partial charge in [-0.3, -0.25) is 19.2 Å². The molecule has 0 aliphatic rings. The van der Waals surface area contributed by atoms with Crippen LogP contribution in [0.2, 0.25) is 0 Å². The van der Waals surface area contributed by atoms with Gasteiger partial charge in [-0.05, 0) is 52.1 Å². The summed E-state index contributed by atoms with van der Waals surface area (Å²) in [5, 5.41) is 26.2. The van der Waals surface area contributed by atoms with Crippen LogP contribution in [0.3, 0.4) is 0 Å². The van der Waals surface area contributed by atoms with E-state index >= 15 is 0 Å². The van der Waals surface area contributed by atoms with Crippen molar-refractivity contribution in [1.29, 1.82) is 0 Å². The number of nitrogens with two attached hydrogens (primary N) is 4. The summed E-state index contributed by atoms with van der Waals surface area (Å²) in [6, 6.07) is -5.24. The molecule has 0 aliphatic heterocycles. The van der Waals surface area contributed by atoms with E-state index in [0.29, 0.717) is 45.2 Å². The zero-order valence-electron chi connectivity index (χ0n) is 19.5. The number of primary amides is 1. The zero-order chi connectivity index (χ0) is 26.3. The lowest BCUT2D eigenvalue weighted by Crippen LogP contribution is -2.60. The molecule has 14 heteroatoms. The van der Waals surface area contributed by atoms with Crippen LogP contribution < -0.4 is 38.9 Å². The molecule has 0 saturated heterocycles. The number of hydrogen-bond acceptors (Lipinski definition) is 9. The Morgan fingerprint density at radius 3 is 1.79 bits per heavy atom. The molecule has 0 aromatic carbocycles. The second kappa shape index (κ2) is 16.7. The van der Waals surface area contributed by atoms with E-state index in [1.54, 1.807) is 0 Å². The van der Waals surface area contributed by atoms with Crippen molar-refractivity contribution in [3.63, 3.8) is 0 Å². The third-order valence-corrected chi connectivity index (χ3v) is 4.97. The van der Waals surface area contributed by atoms with Crippen LogP contribution in [0.15, 0.2) is 0 Å². The molecular formula is C20H39N7O7. The molecule has 0 aromatic heterocycles. The lowest BCUT2D eigenvalue weighted by molar-refractivity contribution is -0.143. The molecule has 0 aromatic rings. The highest BCUT2D eigenvalue weighted by atomic mass is 16.4. The molecule has 0 radical (unpaired) electrons. The lowest BCUT2D eigenvalue weighted by atomic mass is 10.1. The number of aliphatic hydroxyl groups is 1. The molecule has 5 unspecified atom stereocenters. The number of rotatable bonds is 18. The standard InChI is InChI=1S/C20H39N7O7/c1-11(28)16(19(32)25-13(20(33)34)7-3-5-9-22)27-18(31)14(10-15(24)29)26-17(30)12(23)6-2-4-8-21/h11-14,16,28H,2-10,21-23H2,1H3,(H2,24,29)(H,25,32)(H,26,30)(H,27,31)(H,33,34). The minimum atomic E-state index is -1.56. The van der Waals surface area contributed by atoms with Gasteiger partial charge in [-0.15, -0.1) is 0 Å². The average Bonchev–Trinajstić information content (AvgIpc) is 2.75. The highest BCUT2D eigenvalue weighted by molar-refractivity contribution is 5.96. The number of unbranched alkanes of at least 4 members (excludes halogenated alkanes) is 2. The summed E-state index contributed by atoms with van der Waals surface area (Å²) in [5.41, 5.74) is 21.8. The number of aliphatic carboxylic acids is 1. The van der Waals surface area contributed by atoms with Gasteiger partial charge in [-0.1, -0.05) is 6.42 Å². The fraction of sp³-hybridized carbons (Fsp3) is 0.750. The monoisotopic (exact) mass is 489 g/mol. The Morgan fingerprint density at radius 1 is 0.794 bits per heavy atom. The molecular weight excluding hydrogens is 450 g/mol. The molecule has 0 saturated carbocycles. The van der Waals surface area contributed by atoms with Gasteiger partial charge in [0.15, 0.2) is 0 Å². The SMILES string of the molecule is CC(O)C(NC(=O)C(CC(N)=O)NC(=O)C(N)CCCCN)C(=O)NC(CCCCN)C(=O)O. The van der Waals surface area contributed by atoms with E-state index in [9.17, 15) is 34.2 Å². The van der Waals surface area contributed by atoms with Crippen LogP contribution in [0.4, 0.5) is 0 Å². The van der Waals surface area contributed by atoms with E-state index < -0.39 is 66.3 Å². The van der Waals surface area contributed by atoms with Gasteiger partial charge in [0.25, 0.3) is 0 Å². The number of hydrogen-bond donors (Lipinski definition) is 9. The minimum Gasteiger partial charge on any atom is -0.480 e. The molecule has 0 spiro atoms. The second-order valence-electron chi connectivity index (χ2n) is 8.03. The second-order valence-corrected chi connectivity index (χ2v) is 8.03. The Bertz CT molecular complexity index is 690. The van der Waals surface area contributed by atoms with Crippen molar-refractivity contribution in [2.24, 2.45) is 22.9 Å². The molecule has 196 valence electrons. The van der Waals surface area contributed by atoms with Crippen molar-refractivity contribution < 1.29 is 34.2 Å². The molecule has 0 bridgehead atoms. The summed E-state index contributed by atoms with van der Waals surface area (Å²) in [6.07, 6.45) is 0.619. The predicted octanol–water partition coefficient (Wildman–Crippen LogP) is -3.63. The highest BCUT2D eigenvalue weighted by Gasteiger charge is 2.33. The third-order valence-electron chi connectivity index (χ3n) is 4.97. The van der Waals surface area contributed by atoms with Crippen LogP contribution in [0.5, 0.6) is 0 Å². The average molecular weight is 490 g/mol. The van der Waals surface area contributed by atoms with Crippen molar-refractivity contribution in [3.05, 3.63) is 0 Å². The number of aliphatic hydroxyl groups excluding tert-OH is 1. The summed E-state index contributed by atoms with van der Waals surface area (Å²) < 4.78 is 0. The zero-order valence-corrected chi connectivity index (χ0v) is 19.5. The molecule has 13 N–H and O–H groups in total. The number of carbonyl (C=O) groups is 5. The Morgan fingerprint density at radius 2 is 1.32 bits per heavy atom. The maximum Gasteiger partial charge on any atom is 0.326 e. The fourth-order valence-electron chi connectivity index (χ4n) is 3.00. The Labute approximate surface area is 198 Å². The van der Waals surface area contributed by atoms with Crippen LogP contribution in [0.1, 0.15) is 51.9 Å². The van der Waals surface area contributed by atoms with Crippen LogP contribution in [-0.2, 0) is 24.0 Å². The van der Waals surface area contributed by atoms with Gasteiger partial charge in [0.1, 0.15) is 18.1 Å². The van der Waals surface area contributed by atoms with Crippen molar-refractivity contribution in [2.45, 2.75) is 82.1 Å². The number of carboxylic acids is 1. The number of nitrogens with one attached hydrogen (secondary N) is 3. The quantitative estimate of drug-likeness (QED) is 0.0852. The summed E-state index contributed by atoms with van der Waals surface area (Å²) in [5.74, 6) is -4.82. The van der Waals surface area contributed by atoms with E-state index in [-0.39, 0.29) is 6.42 Å². The molecule has 0 aliphatic carbocycles. The molecule has 34 heavy (non-hydrogen) atoms. The van der Waals surface area contributed by atoms with Crippen molar-refractivity contribution in [2.75, 3.05) is 13.1 Å². The van der Waals surface area contributed by atoms with E-state index in [1.807, 2.05) is 0 Å². The van der Waals surface area contributed by atoms with Gasteiger partial charge in [0.2, 0.25) is 23.6 Å². The molecule has 0 heterocycles. The molecule has 5 atom stereocenters. The molecule has 4 amide bonds. The van der Waals surface area contributed by atoms with Gasteiger partial charge in [-0.2, -0.15) is 0 Å². The van der Waals surface area contributed by atoms with Gasteiger partial charge < -0.3 is 49.1 Å². The van der Waals surface area contributed by atoms with Crippen LogP contribution in [0.25, 0.3) is 0 Å². The first-order chi connectivity index (χ1) is 15.9. The smallest absolute Gasteiger partial charge is 0.326 e. The minimum absolute atomic E-state index is 0.0984. The Kier molecular flexibility index (Phi) is 15.4. The van der Waals surface area contributed by atoms with E-state index in [2.05, 4.69) is 16.0 Å². The maximum atomic E-state index is 12.7. The van der Waals surface area contributed by atoms with Crippen molar-refractivity contribution in [1.82, 2.24) is 16.0 Å². The normalized spacial score (nSPS) is 15.3. The van der Waals surface area contributed by atoms with Crippen molar-refractivity contribution >= 4 is 29.6 Å². The lowest BCUT2D eigenvalue weighted by Gasteiger charge is -2.26. The van der Waals surface area contributed by atoms with Crippen LogP contribution >= 0.6 is 0 Å². The number of carboxylic acid groups (broad SMARTS) is 1. The summed E-state index contributed by atoms with van der Waals surface area (Å²) in [4.78, 5) is 60.5. The predicted molar refractivity (Wildman–Crippen MR) is 123 cm³/mol. The van der Waals surface area contributed by atoms with Crippen molar-refractivity contribution in [3.8, 4) is 0 Å². The third kappa shape index (κ3) is 12.4. The van der Waals surface area contributed by atoms with Crippen LogP contribution in [0, 0.1) is 0 Å². The Balaban J connectivity index is 5.31. The number of carbonyl (C=O) groups excluding carboxylic acids is 4. The molecule has 14 nitrogen and oxygen atoms in total. The maximum absolute atomic E-state index is 12.7. The molecule has 0 fully saturated rings. The highest BCUT2D eigenvalue weighted by Crippen LogP contribution is 2.05. The van der Waals surface area contributed by atoms with Gasteiger partial charge >= 0.3 is 5.97 Å². The van der Waals surface area contributed by atoms with E-state index in [1.165, 1.54) is 6.92 Å². The van der Waals surface area contributed by atoms with Gasteiger partial charge in [0, 0.05) is 0 Å².